The van der Waals surface area contributed by atoms with Gasteiger partial charge < -0.3 is 10.0 Å². The summed E-state index contributed by atoms with van der Waals surface area (Å²) in [7, 11) is 0. The molecule has 0 saturated carbocycles. The van der Waals surface area contributed by atoms with E-state index in [1.807, 2.05) is 0 Å². The van der Waals surface area contributed by atoms with Crippen molar-refractivity contribution in [1.29, 1.82) is 0 Å². The predicted octanol–water partition coefficient (Wildman–Crippen LogP) is 2.22. The second-order valence-corrected chi connectivity index (χ2v) is 6.23. The fourth-order valence-electron chi connectivity index (χ4n) is 2.52. The Labute approximate surface area is 114 Å². The maximum atomic E-state index is 10.7. The van der Waals surface area contributed by atoms with Crippen molar-refractivity contribution in [2.24, 2.45) is 5.92 Å². The largest absolute Gasteiger partial charge is 0.481 e. The molecule has 1 saturated heterocycles. The van der Waals surface area contributed by atoms with Crippen LogP contribution in [0, 0.1) is 19.8 Å². The quantitative estimate of drug-likeness (QED) is 0.931. The number of hydrogen-bond acceptors (Lipinski definition) is 5. The van der Waals surface area contributed by atoms with Crippen molar-refractivity contribution in [3.05, 3.63) is 16.8 Å². The van der Waals surface area contributed by atoms with E-state index in [1.165, 1.54) is 10.4 Å². The SMILES string of the molecule is Cc1sc2ncnc(N3CC(CC(=O)O)C3)c2c1C. The lowest BCUT2D eigenvalue weighted by Crippen LogP contribution is -2.48. The Morgan fingerprint density at radius 2 is 2.21 bits per heavy atom. The van der Waals surface area contributed by atoms with Crippen molar-refractivity contribution in [1.82, 2.24) is 9.97 Å². The van der Waals surface area contributed by atoms with Gasteiger partial charge in [-0.15, -0.1) is 11.3 Å². The lowest BCUT2D eigenvalue weighted by molar-refractivity contribution is -0.138. The van der Waals surface area contributed by atoms with Gasteiger partial charge in [-0.25, -0.2) is 9.97 Å². The molecule has 6 heteroatoms. The molecule has 0 amide bonds. The Balaban J connectivity index is 1.89. The number of aromatic nitrogens is 2. The number of carboxylic acid groups (broad SMARTS) is 1. The topological polar surface area (TPSA) is 66.3 Å². The molecule has 0 radical (unpaired) electrons. The van der Waals surface area contributed by atoms with Crippen LogP contribution in [0.1, 0.15) is 16.9 Å². The van der Waals surface area contributed by atoms with E-state index < -0.39 is 5.97 Å². The van der Waals surface area contributed by atoms with Crippen molar-refractivity contribution in [2.45, 2.75) is 20.3 Å². The van der Waals surface area contributed by atoms with Gasteiger partial charge in [0.25, 0.3) is 0 Å². The Morgan fingerprint density at radius 3 is 2.89 bits per heavy atom. The minimum absolute atomic E-state index is 0.238. The fraction of sp³-hybridized carbons (Fsp3) is 0.462. The average molecular weight is 277 g/mol. The van der Waals surface area contributed by atoms with E-state index in [4.69, 9.17) is 5.11 Å². The van der Waals surface area contributed by atoms with E-state index in [0.29, 0.717) is 0 Å². The molecule has 100 valence electrons. The van der Waals surface area contributed by atoms with Gasteiger partial charge in [0.1, 0.15) is 17.0 Å². The summed E-state index contributed by atoms with van der Waals surface area (Å²) < 4.78 is 0. The van der Waals surface area contributed by atoms with Gasteiger partial charge in [-0.3, -0.25) is 4.79 Å². The van der Waals surface area contributed by atoms with Crippen molar-refractivity contribution in [2.75, 3.05) is 18.0 Å². The van der Waals surface area contributed by atoms with Crippen molar-refractivity contribution in [3.63, 3.8) is 0 Å². The summed E-state index contributed by atoms with van der Waals surface area (Å²) in [4.78, 5) is 23.8. The number of rotatable bonds is 3. The maximum Gasteiger partial charge on any atom is 0.303 e. The molecule has 5 nitrogen and oxygen atoms in total. The highest BCUT2D eigenvalue weighted by molar-refractivity contribution is 7.18. The lowest BCUT2D eigenvalue weighted by atomic mass is 9.96. The number of anilines is 1. The minimum atomic E-state index is -0.722. The Kier molecular flexibility index (Phi) is 2.89. The second-order valence-electron chi connectivity index (χ2n) is 5.03. The molecule has 2 aromatic heterocycles. The van der Waals surface area contributed by atoms with Crippen LogP contribution in [0.5, 0.6) is 0 Å². The van der Waals surface area contributed by atoms with Crippen molar-refractivity contribution >= 4 is 33.3 Å². The maximum absolute atomic E-state index is 10.7. The number of aryl methyl sites for hydroxylation is 2. The van der Waals surface area contributed by atoms with Crippen LogP contribution in [-0.4, -0.2) is 34.1 Å². The van der Waals surface area contributed by atoms with E-state index in [2.05, 4.69) is 28.7 Å². The molecule has 3 rings (SSSR count). The molecule has 0 unspecified atom stereocenters. The summed E-state index contributed by atoms with van der Waals surface area (Å²) >= 11 is 1.68. The molecule has 0 spiro atoms. The molecule has 0 aromatic carbocycles. The monoisotopic (exact) mass is 277 g/mol. The van der Waals surface area contributed by atoms with Gasteiger partial charge in [0.15, 0.2) is 0 Å². The van der Waals surface area contributed by atoms with Gasteiger partial charge in [0.05, 0.1) is 11.8 Å². The number of aliphatic carboxylic acids is 1. The third kappa shape index (κ3) is 2.06. The van der Waals surface area contributed by atoms with Crippen LogP contribution in [0.15, 0.2) is 6.33 Å². The number of hydrogen-bond donors (Lipinski definition) is 1. The van der Waals surface area contributed by atoms with E-state index in [9.17, 15) is 4.79 Å². The molecule has 0 atom stereocenters. The molecule has 3 heterocycles. The van der Waals surface area contributed by atoms with Crippen LogP contribution in [0.2, 0.25) is 0 Å². The van der Waals surface area contributed by atoms with Gasteiger partial charge in [0.2, 0.25) is 0 Å². The highest BCUT2D eigenvalue weighted by Gasteiger charge is 2.31. The van der Waals surface area contributed by atoms with E-state index >= 15 is 0 Å². The summed E-state index contributed by atoms with van der Waals surface area (Å²) in [5.74, 6) is 0.469. The van der Waals surface area contributed by atoms with Crippen molar-refractivity contribution < 1.29 is 9.90 Å². The van der Waals surface area contributed by atoms with Crippen LogP contribution in [0.4, 0.5) is 5.82 Å². The highest BCUT2D eigenvalue weighted by atomic mass is 32.1. The molecule has 1 fully saturated rings. The number of carboxylic acids is 1. The number of nitrogens with zero attached hydrogens (tertiary/aromatic N) is 3. The van der Waals surface area contributed by atoms with Crippen molar-refractivity contribution in [3.8, 4) is 0 Å². The summed E-state index contributed by atoms with van der Waals surface area (Å²) in [6.07, 6.45) is 1.84. The van der Waals surface area contributed by atoms with Crippen LogP contribution in [-0.2, 0) is 4.79 Å². The zero-order valence-corrected chi connectivity index (χ0v) is 11.7. The minimum Gasteiger partial charge on any atom is -0.481 e. The predicted molar refractivity (Wildman–Crippen MR) is 74.8 cm³/mol. The Morgan fingerprint density at radius 1 is 1.47 bits per heavy atom. The summed E-state index contributed by atoms with van der Waals surface area (Å²) in [6.45, 7) is 5.73. The first-order valence-corrected chi connectivity index (χ1v) is 7.05. The highest BCUT2D eigenvalue weighted by Crippen LogP contribution is 2.36. The molecular formula is C13H15N3O2S. The van der Waals surface area contributed by atoms with Gasteiger partial charge in [-0.2, -0.15) is 0 Å². The first-order valence-electron chi connectivity index (χ1n) is 6.23. The zero-order valence-electron chi connectivity index (χ0n) is 10.9. The van der Waals surface area contributed by atoms with Crippen LogP contribution < -0.4 is 4.90 Å². The second kappa shape index (κ2) is 4.45. The van der Waals surface area contributed by atoms with E-state index in [1.54, 1.807) is 17.7 Å². The lowest BCUT2D eigenvalue weighted by Gasteiger charge is -2.39. The van der Waals surface area contributed by atoms with Gasteiger partial charge in [-0.1, -0.05) is 0 Å². The molecular weight excluding hydrogens is 262 g/mol. The third-order valence-electron chi connectivity index (χ3n) is 3.67. The van der Waals surface area contributed by atoms with Crippen LogP contribution in [0.3, 0.4) is 0 Å². The van der Waals surface area contributed by atoms with Gasteiger partial charge in [-0.05, 0) is 19.4 Å². The van der Waals surface area contributed by atoms with Crippen LogP contribution in [0.25, 0.3) is 10.2 Å². The Hall–Kier alpha value is -1.69. The third-order valence-corrected chi connectivity index (χ3v) is 4.78. The smallest absolute Gasteiger partial charge is 0.303 e. The molecule has 0 aliphatic carbocycles. The number of fused-ring (bicyclic) bond motifs is 1. The van der Waals surface area contributed by atoms with Gasteiger partial charge in [0, 0.05) is 23.9 Å². The first-order chi connectivity index (χ1) is 9.06. The standard InChI is InChI=1S/C13H15N3O2S/c1-7-8(2)19-13-11(7)12(14-6-15-13)16-4-9(5-16)3-10(17)18/h6,9H,3-5H2,1-2H3,(H,17,18). The fourth-order valence-corrected chi connectivity index (χ4v) is 3.51. The van der Waals surface area contributed by atoms with E-state index in [0.717, 1.165) is 29.1 Å². The van der Waals surface area contributed by atoms with E-state index in [-0.39, 0.29) is 12.3 Å². The summed E-state index contributed by atoms with van der Waals surface area (Å²) in [6, 6.07) is 0. The van der Waals surface area contributed by atoms with Crippen LogP contribution >= 0.6 is 11.3 Å². The zero-order chi connectivity index (χ0) is 13.6. The molecule has 1 aliphatic heterocycles. The molecule has 2 aromatic rings. The van der Waals surface area contributed by atoms with Gasteiger partial charge >= 0.3 is 5.97 Å². The number of carbonyl (C=O) groups is 1. The Bertz CT molecular complexity index is 647. The summed E-state index contributed by atoms with van der Waals surface area (Å²) in [5, 5.41) is 9.91. The molecule has 1 aliphatic rings. The molecule has 1 N–H and O–H groups in total. The molecule has 0 bridgehead atoms. The summed E-state index contributed by atoms with van der Waals surface area (Å²) in [5.41, 5.74) is 1.23. The number of thiophene rings is 1. The first kappa shape index (κ1) is 12.3. The average Bonchev–Trinajstić information content (AvgIpc) is 2.59. The molecule has 19 heavy (non-hydrogen) atoms. The normalized spacial score (nSPS) is 15.8.